The molecule has 0 saturated heterocycles. The van der Waals surface area contributed by atoms with Gasteiger partial charge in [-0.3, -0.25) is 9.59 Å². The van der Waals surface area contributed by atoms with Crippen molar-refractivity contribution in [3.05, 3.63) is 0 Å². The summed E-state index contributed by atoms with van der Waals surface area (Å²) in [5.41, 5.74) is 0. The minimum absolute atomic E-state index is 0.177. The number of aliphatic hydroxyl groups is 1. The summed E-state index contributed by atoms with van der Waals surface area (Å²) in [5.74, 6) is -1.74. The maximum atomic E-state index is 12.5. The van der Waals surface area contributed by atoms with Crippen LogP contribution in [0, 0.1) is 17.8 Å². The van der Waals surface area contributed by atoms with Crippen LogP contribution in [0.5, 0.6) is 0 Å². The number of nitrogens with one attached hydrogen (secondary N) is 1. The average molecular weight is 297 g/mol. The highest BCUT2D eigenvalue weighted by molar-refractivity contribution is 5.85. The Morgan fingerprint density at radius 1 is 1.10 bits per heavy atom. The first-order chi connectivity index (χ1) is 10.0. The largest absolute Gasteiger partial charge is 0.481 e. The molecular weight excluding hydrogens is 270 g/mol. The Balaban J connectivity index is 1.99. The summed E-state index contributed by atoms with van der Waals surface area (Å²) >= 11 is 0. The van der Waals surface area contributed by atoms with Crippen molar-refractivity contribution in [2.75, 3.05) is 0 Å². The zero-order valence-corrected chi connectivity index (χ0v) is 12.8. The molecule has 2 saturated carbocycles. The van der Waals surface area contributed by atoms with Gasteiger partial charge in [0, 0.05) is 0 Å². The van der Waals surface area contributed by atoms with Crippen molar-refractivity contribution in [3.63, 3.8) is 0 Å². The number of amides is 1. The Kier molecular flexibility index (Phi) is 5.62. The number of aliphatic hydroxyl groups excluding tert-OH is 1. The van der Waals surface area contributed by atoms with Crippen molar-refractivity contribution in [3.8, 4) is 0 Å². The van der Waals surface area contributed by atoms with Crippen LogP contribution in [0.2, 0.25) is 0 Å². The van der Waals surface area contributed by atoms with Gasteiger partial charge < -0.3 is 15.5 Å². The molecule has 0 aromatic rings. The fourth-order valence-electron chi connectivity index (χ4n) is 3.79. The normalized spacial score (nSPS) is 37.0. The molecule has 0 aromatic heterocycles. The lowest BCUT2D eigenvalue weighted by Crippen LogP contribution is -2.46. The van der Waals surface area contributed by atoms with Gasteiger partial charge in [-0.25, -0.2) is 0 Å². The van der Waals surface area contributed by atoms with Gasteiger partial charge in [-0.05, 0) is 31.6 Å². The van der Waals surface area contributed by atoms with E-state index in [1.54, 1.807) is 0 Å². The van der Waals surface area contributed by atoms with E-state index < -0.39 is 23.9 Å². The Labute approximate surface area is 126 Å². The van der Waals surface area contributed by atoms with Gasteiger partial charge in [0.25, 0.3) is 0 Å². The van der Waals surface area contributed by atoms with Crippen molar-refractivity contribution in [2.45, 2.75) is 70.4 Å². The Morgan fingerprint density at radius 2 is 1.76 bits per heavy atom. The predicted molar refractivity (Wildman–Crippen MR) is 78.7 cm³/mol. The van der Waals surface area contributed by atoms with Crippen LogP contribution >= 0.6 is 0 Å². The fraction of sp³-hybridized carbons (Fsp3) is 0.875. The Bertz CT molecular complexity index is 384. The lowest BCUT2D eigenvalue weighted by atomic mass is 9.94. The van der Waals surface area contributed by atoms with E-state index >= 15 is 0 Å². The third-order valence-corrected chi connectivity index (χ3v) is 5.20. The topological polar surface area (TPSA) is 86.6 Å². The zero-order chi connectivity index (χ0) is 15.4. The number of aliphatic carboxylic acids is 1. The summed E-state index contributed by atoms with van der Waals surface area (Å²) < 4.78 is 0. The van der Waals surface area contributed by atoms with Crippen LogP contribution in [-0.2, 0) is 9.59 Å². The molecule has 0 aromatic carbocycles. The highest BCUT2D eigenvalue weighted by Crippen LogP contribution is 2.38. The number of hydrogen-bond donors (Lipinski definition) is 3. The van der Waals surface area contributed by atoms with E-state index in [1.165, 1.54) is 0 Å². The molecule has 0 bridgehead atoms. The van der Waals surface area contributed by atoms with Crippen LogP contribution in [-0.4, -0.2) is 34.2 Å². The molecule has 2 aliphatic rings. The third-order valence-electron chi connectivity index (χ3n) is 5.20. The highest BCUT2D eigenvalue weighted by Gasteiger charge is 2.42. The van der Waals surface area contributed by atoms with Gasteiger partial charge in [0.1, 0.15) is 0 Å². The molecule has 5 atom stereocenters. The van der Waals surface area contributed by atoms with Gasteiger partial charge in [0.05, 0.1) is 24.0 Å². The molecule has 5 heteroatoms. The van der Waals surface area contributed by atoms with Crippen molar-refractivity contribution in [2.24, 2.45) is 17.8 Å². The van der Waals surface area contributed by atoms with Gasteiger partial charge in [-0.15, -0.1) is 0 Å². The molecule has 2 rings (SSSR count). The first-order valence-corrected chi connectivity index (χ1v) is 8.24. The van der Waals surface area contributed by atoms with E-state index in [9.17, 15) is 19.8 Å². The number of carbonyl (C=O) groups excluding carboxylic acids is 1. The van der Waals surface area contributed by atoms with Gasteiger partial charge >= 0.3 is 5.97 Å². The minimum atomic E-state index is -0.868. The smallest absolute Gasteiger partial charge is 0.307 e. The van der Waals surface area contributed by atoms with Gasteiger partial charge in [0.15, 0.2) is 0 Å². The summed E-state index contributed by atoms with van der Waals surface area (Å²) in [6.07, 6.45) is 6.26. The van der Waals surface area contributed by atoms with E-state index in [2.05, 4.69) is 5.32 Å². The molecule has 3 N–H and O–H groups in total. The van der Waals surface area contributed by atoms with E-state index in [1.807, 2.05) is 6.92 Å². The summed E-state index contributed by atoms with van der Waals surface area (Å²) in [5, 5.41) is 22.3. The molecule has 1 amide bonds. The second kappa shape index (κ2) is 7.25. The number of hydrogen-bond acceptors (Lipinski definition) is 3. The minimum Gasteiger partial charge on any atom is -0.481 e. The highest BCUT2D eigenvalue weighted by atomic mass is 16.4. The number of carboxylic acids is 1. The first-order valence-electron chi connectivity index (χ1n) is 8.24. The maximum absolute atomic E-state index is 12.5. The quantitative estimate of drug-likeness (QED) is 0.692. The summed E-state index contributed by atoms with van der Waals surface area (Å²) in [6.45, 7) is 2.04. The molecule has 120 valence electrons. The molecule has 21 heavy (non-hydrogen) atoms. The van der Waals surface area contributed by atoms with Crippen LogP contribution in [0.25, 0.3) is 0 Å². The van der Waals surface area contributed by atoms with E-state index in [4.69, 9.17) is 0 Å². The number of rotatable bonds is 4. The second-order valence-electron chi connectivity index (χ2n) is 6.62. The molecule has 0 aliphatic heterocycles. The van der Waals surface area contributed by atoms with Crippen molar-refractivity contribution < 1.29 is 19.8 Å². The van der Waals surface area contributed by atoms with Crippen LogP contribution < -0.4 is 5.32 Å². The summed E-state index contributed by atoms with van der Waals surface area (Å²) in [7, 11) is 0. The van der Waals surface area contributed by atoms with Crippen molar-refractivity contribution in [1.29, 1.82) is 0 Å². The van der Waals surface area contributed by atoms with Gasteiger partial charge in [-0.1, -0.05) is 32.6 Å². The average Bonchev–Trinajstić information content (AvgIpc) is 2.80. The molecule has 0 radical (unpaired) electrons. The SMILES string of the molecule is CCC1C[C@H](C(=O)NC2CCCCCC2O)[C@H](C(=O)O)C1. The monoisotopic (exact) mass is 297 g/mol. The second-order valence-corrected chi connectivity index (χ2v) is 6.62. The fourth-order valence-corrected chi connectivity index (χ4v) is 3.79. The number of carboxylic acid groups (broad SMARTS) is 1. The summed E-state index contributed by atoms with van der Waals surface area (Å²) in [6, 6.07) is -0.213. The molecule has 0 heterocycles. The van der Waals surface area contributed by atoms with E-state index in [0.717, 1.165) is 38.5 Å². The van der Waals surface area contributed by atoms with E-state index in [0.29, 0.717) is 18.8 Å². The van der Waals surface area contributed by atoms with E-state index in [-0.39, 0.29) is 11.9 Å². The van der Waals surface area contributed by atoms with Crippen LogP contribution in [0.3, 0.4) is 0 Å². The molecule has 2 fully saturated rings. The standard InChI is InChI=1S/C16H27NO4/c1-2-10-8-11(12(9-10)16(20)21)15(19)17-13-6-4-3-5-7-14(13)18/h10-14,18H,2-9H2,1H3,(H,17,19)(H,20,21)/t10?,11-,12+,13?,14?/m0/s1. The van der Waals surface area contributed by atoms with Gasteiger partial charge in [-0.2, -0.15) is 0 Å². The zero-order valence-electron chi connectivity index (χ0n) is 12.8. The van der Waals surface area contributed by atoms with Crippen LogP contribution in [0.15, 0.2) is 0 Å². The Hall–Kier alpha value is -1.10. The molecular formula is C16H27NO4. The lowest BCUT2D eigenvalue weighted by Gasteiger charge is -2.24. The van der Waals surface area contributed by atoms with Crippen molar-refractivity contribution in [1.82, 2.24) is 5.32 Å². The van der Waals surface area contributed by atoms with Gasteiger partial charge in [0.2, 0.25) is 5.91 Å². The van der Waals surface area contributed by atoms with Crippen LogP contribution in [0.4, 0.5) is 0 Å². The molecule has 3 unspecified atom stereocenters. The van der Waals surface area contributed by atoms with Crippen LogP contribution in [0.1, 0.15) is 58.3 Å². The predicted octanol–water partition coefficient (Wildman–Crippen LogP) is 1.93. The molecule has 2 aliphatic carbocycles. The molecule has 5 nitrogen and oxygen atoms in total. The third kappa shape index (κ3) is 3.96. The summed E-state index contributed by atoms with van der Waals surface area (Å²) in [4.78, 5) is 23.8. The van der Waals surface area contributed by atoms with Crippen molar-refractivity contribution >= 4 is 11.9 Å². The Morgan fingerprint density at radius 3 is 2.43 bits per heavy atom. The molecule has 0 spiro atoms. The maximum Gasteiger partial charge on any atom is 0.307 e. The lowest BCUT2D eigenvalue weighted by molar-refractivity contribution is -0.146. The first kappa shape index (κ1) is 16.3. The number of carbonyl (C=O) groups is 2.